The Morgan fingerprint density at radius 1 is 0.524 bits per heavy atom. The van der Waals surface area contributed by atoms with E-state index in [1.165, 1.54) is 0 Å². The van der Waals surface area contributed by atoms with Crippen LogP contribution in [0.25, 0.3) is 27.5 Å². The summed E-state index contributed by atoms with van der Waals surface area (Å²) in [6, 6.07) is 44.8. The fourth-order valence-electron chi connectivity index (χ4n) is 5.74. The zero-order valence-electron chi connectivity index (χ0n) is 24.4. The van der Waals surface area contributed by atoms with Crippen LogP contribution in [0.1, 0.15) is 20.8 Å². The fourth-order valence-corrected chi connectivity index (χ4v) is 8.24. The molecule has 0 saturated heterocycles. The average molecular weight is 573 g/mol. The molecule has 0 fully saturated rings. The SMILES string of the molecule is CCO[Si](OCC)(OCC)c1ccc2c(c1)c1cc(N(c3ccccc3)c3ccccc3)ccc1n2-c1ccccc1. The normalized spacial score (nSPS) is 11.8. The molecule has 212 valence electrons. The van der Waals surface area contributed by atoms with Gasteiger partial charge in [0.1, 0.15) is 0 Å². The van der Waals surface area contributed by atoms with Crippen molar-refractivity contribution in [1.82, 2.24) is 4.57 Å². The van der Waals surface area contributed by atoms with Crippen molar-refractivity contribution < 1.29 is 13.3 Å². The lowest BCUT2D eigenvalue weighted by molar-refractivity contribution is 0.0859. The van der Waals surface area contributed by atoms with Crippen LogP contribution in [-0.2, 0) is 13.3 Å². The van der Waals surface area contributed by atoms with E-state index in [0.717, 1.165) is 49.7 Å². The molecular formula is C36H36N2O3Si. The Labute approximate surface area is 248 Å². The minimum absolute atomic E-state index is 0.517. The van der Waals surface area contributed by atoms with Crippen molar-refractivity contribution >= 4 is 52.9 Å². The highest BCUT2D eigenvalue weighted by molar-refractivity contribution is 6.75. The molecule has 0 aliphatic carbocycles. The van der Waals surface area contributed by atoms with Crippen molar-refractivity contribution in [1.29, 1.82) is 0 Å². The first-order chi connectivity index (χ1) is 20.7. The van der Waals surface area contributed by atoms with Crippen molar-refractivity contribution in [2.45, 2.75) is 20.8 Å². The van der Waals surface area contributed by atoms with Crippen LogP contribution >= 0.6 is 0 Å². The third kappa shape index (κ3) is 5.14. The van der Waals surface area contributed by atoms with Gasteiger partial charge in [0.05, 0.1) is 11.0 Å². The topological polar surface area (TPSA) is 35.9 Å². The molecule has 0 atom stereocenters. The molecule has 0 saturated carbocycles. The van der Waals surface area contributed by atoms with Gasteiger partial charge in [0.15, 0.2) is 0 Å². The first-order valence-corrected chi connectivity index (χ1v) is 16.4. The van der Waals surface area contributed by atoms with Crippen molar-refractivity contribution in [3.8, 4) is 5.69 Å². The maximum absolute atomic E-state index is 6.31. The minimum atomic E-state index is -3.11. The van der Waals surface area contributed by atoms with E-state index in [1.54, 1.807) is 0 Å². The third-order valence-corrected chi connectivity index (χ3v) is 10.4. The smallest absolute Gasteiger partial charge is 0.370 e. The van der Waals surface area contributed by atoms with Gasteiger partial charge in [0.2, 0.25) is 0 Å². The van der Waals surface area contributed by atoms with Crippen LogP contribution in [0.5, 0.6) is 0 Å². The van der Waals surface area contributed by atoms with E-state index in [4.69, 9.17) is 13.3 Å². The maximum atomic E-state index is 6.31. The van der Waals surface area contributed by atoms with Gasteiger partial charge in [0.25, 0.3) is 0 Å². The summed E-state index contributed by atoms with van der Waals surface area (Å²) in [5, 5.41) is 3.25. The molecule has 1 aromatic heterocycles. The van der Waals surface area contributed by atoms with E-state index in [1.807, 2.05) is 20.8 Å². The second kappa shape index (κ2) is 12.3. The van der Waals surface area contributed by atoms with Crippen molar-refractivity contribution in [2.75, 3.05) is 24.7 Å². The Hall–Kier alpha value is -4.20. The Morgan fingerprint density at radius 2 is 1.00 bits per heavy atom. The predicted octanol–water partition coefficient (Wildman–Crippen LogP) is 8.51. The van der Waals surface area contributed by atoms with Crippen LogP contribution in [0.15, 0.2) is 127 Å². The van der Waals surface area contributed by atoms with Crippen LogP contribution in [0.2, 0.25) is 0 Å². The van der Waals surface area contributed by atoms with Crippen LogP contribution < -0.4 is 10.1 Å². The molecule has 1 heterocycles. The summed E-state index contributed by atoms with van der Waals surface area (Å²) in [5.41, 5.74) is 6.66. The number of nitrogens with zero attached hydrogens (tertiary/aromatic N) is 2. The van der Waals surface area contributed by atoms with Crippen molar-refractivity contribution in [2.24, 2.45) is 0 Å². The van der Waals surface area contributed by atoms with E-state index >= 15 is 0 Å². The Morgan fingerprint density at radius 3 is 1.52 bits per heavy atom. The van der Waals surface area contributed by atoms with Gasteiger partial charge < -0.3 is 22.7 Å². The van der Waals surface area contributed by atoms with Gasteiger partial charge in [-0.25, -0.2) is 0 Å². The predicted molar refractivity (Wildman–Crippen MR) is 176 cm³/mol. The molecule has 6 heteroatoms. The van der Waals surface area contributed by atoms with Crippen LogP contribution in [0, 0.1) is 0 Å². The monoisotopic (exact) mass is 572 g/mol. The molecular weight excluding hydrogens is 536 g/mol. The molecule has 5 aromatic carbocycles. The zero-order valence-corrected chi connectivity index (χ0v) is 25.4. The van der Waals surface area contributed by atoms with Crippen molar-refractivity contribution in [3.63, 3.8) is 0 Å². The number of rotatable bonds is 11. The lowest BCUT2D eigenvalue weighted by Gasteiger charge is -2.28. The highest BCUT2D eigenvalue weighted by atomic mass is 28.4. The standard InChI is InChI=1S/C36H36N2O3Si/c1-4-39-42(40-5-2,41-6-3)32-23-25-36-34(27-32)33-26-31(22-24-35(33)38(36)30-20-14-9-15-21-30)37(28-16-10-7-11-17-28)29-18-12-8-13-19-29/h7-27H,4-6H2,1-3H3. The largest absolute Gasteiger partial charge is 0.537 e. The summed E-state index contributed by atoms with van der Waals surface area (Å²) in [7, 11) is -3.11. The summed E-state index contributed by atoms with van der Waals surface area (Å²) in [6.45, 7) is 7.53. The Balaban J connectivity index is 1.63. The molecule has 0 spiro atoms. The number of anilines is 3. The second-order valence-electron chi connectivity index (χ2n) is 9.97. The first-order valence-electron chi connectivity index (χ1n) is 14.6. The van der Waals surface area contributed by atoms with Gasteiger partial charge in [-0.1, -0.05) is 60.7 Å². The number of para-hydroxylation sites is 3. The van der Waals surface area contributed by atoms with Gasteiger partial charge in [-0.3, -0.25) is 0 Å². The molecule has 0 unspecified atom stereocenters. The summed E-state index contributed by atoms with van der Waals surface area (Å²) < 4.78 is 21.3. The quantitative estimate of drug-likeness (QED) is 0.146. The summed E-state index contributed by atoms with van der Waals surface area (Å²) in [4.78, 5) is 2.30. The van der Waals surface area contributed by atoms with Gasteiger partial charge in [-0.2, -0.15) is 0 Å². The Bertz CT molecular complexity index is 1720. The highest BCUT2D eigenvalue weighted by Gasteiger charge is 2.43. The maximum Gasteiger partial charge on any atom is 0.537 e. The molecule has 0 aliphatic heterocycles. The average Bonchev–Trinajstić information content (AvgIpc) is 3.36. The van der Waals surface area contributed by atoms with Gasteiger partial charge in [-0.05, 0) is 87.5 Å². The van der Waals surface area contributed by atoms with E-state index in [2.05, 4.69) is 137 Å². The molecule has 42 heavy (non-hydrogen) atoms. The molecule has 0 amide bonds. The number of fused-ring (bicyclic) bond motifs is 3. The van der Waals surface area contributed by atoms with Gasteiger partial charge in [-0.15, -0.1) is 0 Å². The third-order valence-electron chi connectivity index (χ3n) is 7.41. The Kier molecular flexibility index (Phi) is 8.21. The molecule has 6 rings (SSSR count). The first kappa shape index (κ1) is 27.9. The lowest BCUT2D eigenvalue weighted by Crippen LogP contribution is -2.56. The lowest BCUT2D eigenvalue weighted by atomic mass is 10.1. The molecule has 5 nitrogen and oxygen atoms in total. The van der Waals surface area contributed by atoms with Crippen LogP contribution in [-0.4, -0.2) is 33.2 Å². The molecule has 0 radical (unpaired) electrons. The zero-order chi connectivity index (χ0) is 28.9. The van der Waals surface area contributed by atoms with E-state index in [9.17, 15) is 0 Å². The summed E-state index contributed by atoms with van der Waals surface area (Å²) in [6.07, 6.45) is 0. The molecule has 0 aliphatic rings. The minimum Gasteiger partial charge on any atom is -0.370 e. The van der Waals surface area contributed by atoms with Crippen LogP contribution in [0.4, 0.5) is 17.1 Å². The van der Waals surface area contributed by atoms with E-state index in [0.29, 0.717) is 19.8 Å². The van der Waals surface area contributed by atoms with Crippen molar-refractivity contribution in [3.05, 3.63) is 127 Å². The summed E-state index contributed by atoms with van der Waals surface area (Å²) >= 11 is 0. The number of hydrogen-bond donors (Lipinski definition) is 0. The molecule has 0 bridgehead atoms. The number of hydrogen-bond acceptors (Lipinski definition) is 4. The number of benzene rings is 5. The summed E-state index contributed by atoms with van der Waals surface area (Å²) in [5.74, 6) is 0. The van der Waals surface area contributed by atoms with E-state index < -0.39 is 8.80 Å². The van der Waals surface area contributed by atoms with Gasteiger partial charge in [0, 0.05) is 58.5 Å². The van der Waals surface area contributed by atoms with Gasteiger partial charge >= 0.3 is 8.80 Å². The van der Waals surface area contributed by atoms with Crippen LogP contribution in [0.3, 0.4) is 0 Å². The van der Waals surface area contributed by atoms with E-state index in [-0.39, 0.29) is 0 Å². The highest BCUT2D eigenvalue weighted by Crippen LogP contribution is 2.39. The molecule has 6 aromatic rings. The second-order valence-corrected chi connectivity index (χ2v) is 12.5. The fraction of sp³-hybridized carbons (Fsp3) is 0.167. The number of aromatic nitrogens is 1. The molecule has 0 N–H and O–H groups in total.